The van der Waals surface area contributed by atoms with E-state index in [2.05, 4.69) is 278 Å². The van der Waals surface area contributed by atoms with Crippen LogP contribution in [0.4, 0.5) is 17.1 Å². The Morgan fingerprint density at radius 3 is 1.25 bits per heavy atom. The molecule has 0 bridgehead atoms. The van der Waals surface area contributed by atoms with E-state index in [0.29, 0.717) is 0 Å². The van der Waals surface area contributed by atoms with Crippen LogP contribution in [-0.4, -0.2) is 0 Å². The minimum atomic E-state index is -0.530. The molecule has 0 atom stereocenters. The van der Waals surface area contributed by atoms with Crippen molar-refractivity contribution in [1.82, 2.24) is 0 Å². The summed E-state index contributed by atoms with van der Waals surface area (Å²) in [5, 5.41) is 0. The number of ether oxygens (including phenoxy) is 1. The van der Waals surface area contributed by atoms with E-state index in [-0.39, 0.29) is 0 Å². The molecule has 2 nitrogen and oxygen atoms in total. The molecule has 0 fully saturated rings. The van der Waals surface area contributed by atoms with Gasteiger partial charge in [0, 0.05) is 28.1 Å². The molecule has 0 unspecified atom stereocenters. The van der Waals surface area contributed by atoms with Crippen molar-refractivity contribution in [1.29, 1.82) is 0 Å². The van der Waals surface area contributed by atoms with E-state index in [1.54, 1.807) is 0 Å². The Morgan fingerprint density at radius 1 is 0.246 bits per heavy atom. The second-order valence-corrected chi connectivity index (χ2v) is 17.9. The van der Waals surface area contributed by atoms with Crippen molar-refractivity contribution in [3.05, 3.63) is 295 Å². The third kappa shape index (κ3) is 6.64. The van der Waals surface area contributed by atoms with Crippen LogP contribution in [0.1, 0.15) is 22.3 Å². The lowest BCUT2D eigenvalue weighted by Gasteiger charge is -2.39. The van der Waals surface area contributed by atoms with Crippen molar-refractivity contribution in [3.63, 3.8) is 0 Å². The van der Waals surface area contributed by atoms with Gasteiger partial charge >= 0.3 is 0 Å². The first kappa shape index (κ1) is 40.3. The van der Waals surface area contributed by atoms with Crippen LogP contribution >= 0.6 is 0 Å². The summed E-state index contributed by atoms with van der Waals surface area (Å²) >= 11 is 0. The van der Waals surface area contributed by atoms with Gasteiger partial charge in [-0.2, -0.15) is 0 Å². The fraction of sp³-hybridized carbons (Fsp3) is 0.0149. The van der Waals surface area contributed by atoms with Crippen LogP contribution in [0, 0.1) is 0 Å². The molecule has 11 aromatic carbocycles. The van der Waals surface area contributed by atoms with Crippen molar-refractivity contribution in [2.45, 2.75) is 5.41 Å². The lowest BCUT2D eigenvalue weighted by molar-refractivity contribution is 0.436. The largest absolute Gasteiger partial charge is 0.457 e. The number of nitrogens with zero attached hydrogens (tertiary/aromatic N) is 1. The van der Waals surface area contributed by atoms with Gasteiger partial charge in [-0.1, -0.05) is 224 Å². The highest BCUT2D eigenvalue weighted by Crippen LogP contribution is 2.62. The standard InChI is InChI=1S/C67H45NO/c1-3-19-46(20-4-1)47-35-40-51(41-36-47)68(64-32-16-12-28-59(64)56-26-10-9-25-55(56)54-24-8-7-23-53(54)49-21-5-2-6-22-49)52-42-37-48(38-43-52)50-39-44-58-57-27-11-13-29-60(57)67(63(58)45-50)61-30-14-17-33-65(61)69-66-34-18-15-31-62(66)67/h1-45H. The molecule has 0 amide bonds. The normalized spacial score (nSPS) is 12.6. The van der Waals surface area contributed by atoms with Crippen molar-refractivity contribution >= 4 is 17.1 Å². The average Bonchev–Trinajstić information content (AvgIpc) is 3.72. The summed E-state index contributed by atoms with van der Waals surface area (Å²) in [4.78, 5) is 2.41. The van der Waals surface area contributed by atoms with E-state index < -0.39 is 5.41 Å². The second-order valence-electron chi connectivity index (χ2n) is 17.9. The van der Waals surface area contributed by atoms with Gasteiger partial charge in [-0.15, -0.1) is 0 Å². The molecule has 0 saturated carbocycles. The zero-order chi connectivity index (χ0) is 45.7. The predicted molar refractivity (Wildman–Crippen MR) is 286 cm³/mol. The van der Waals surface area contributed by atoms with E-state index in [4.69, 9.17) is 4.74 Å². The maximum absolute atomic E-state index is 6.63. The van der Waals surface area contributed by atoms with E-state index in [1.807, 2.05) is 0 Å². The Kier molecular flexibility index (Phi) is 9.77. The summed E-state index contributed by atoms with van der Waals surface area (Å²) < 4.78 is 6.63. The minimum Gasteiger partial charge on any atom is -0.457 e. The number of para-hydroxylation sites is 3. The molecule has 0 radical (unpaired) electrons. The zero-order valence-electron chi connectivity index (χ0n) is 37.8. The monoisotopic (exact) mass is 879 g/mol. The van der Waals surface area contributed by atoms with Gasteiger partial charge in [0.15, 0.2) is 0 Å². The molecular weight excluding hydrogens is 835 g/mol. The molecule has 1 spiro atoms. The average molecular weight is 880 g/mol. The molecule has 2 heteroatoms. The van der Waals surface area contributed by atoms with Crippen molar-refractivity contribution in [3.8, 4) is 78.3 Å². The van der Waals surface area contributed by atoms with Crippen LogP contribution in [0.2, 0.25) is 0 Å². The van der Waals surface area contributed by atoms with Gasteiger partial charge in [0.2, 0.25) is 0 Å². The summed E-state index contributed by atoms with van der Waals surface area (Å²) in [6.07, 6.45) is 0. The summed E-state index contributed by atoms with van der Waals surface area (Å²) in [5.41, 5.74) is 21.9. The van der Waals surface area contributed by atoms with Crippen LogP contribution < -0.4 is 9.64 Å². The topological polar surface area (TPSA) is 12.5 Å². The van der Waals surface area contributed by atoms with Crippen molar-refractivity contribution < 1.29 is 4.74 Å². The maximum Gasteiger partial charge on any atom is 0.132 e. The molecule has 1 aliphatic carbocycles. The highest BCUT2D eigenvalue weighted by molar-refractivity contribution is 5.98. The Balaban J connectivity index is 0.953. The summed E-state index contributed by atoms with van der Waals surface area (Å²) in [6, 6.07) is 99.0. The molecule has 11 aromatic rings. The molecular formula is C67H45NO. The number of rotatable bonds is 8. The van der Waals surface area contributed by atoms with Gasteiger partial charge in [-0.25, -0.2) is 0 Å². The van der Waals surface area contributed by atoms with Crippen LogP contribution in [-0.2, 0) is 5.41 Å². The first-order valence-corrected chi connectivity index (χ1v) is 23.7. The van der Waals surface area contributed by atoms with Gasteiger partial charge in [-0.05, 0) is 121 Å². The second kappa shape index (κ2) is 16.7. The molecule has 324 valence electrons. The third-order valence-corrected chi connectivity index (χ3v) is 14.2. The number of hydrogen-bond acceptors (Lipinski definition) is 2. The molecule has 13 rings (SSSR count). The summed E-state index contributed by atoms with van der Waals surface area (Å²) in [5.74, 6) is 1.79. The predicted octanol–water partition coefficient (Wildman–Crippen LogP) is 18.0. The number of benzene rings is 11. The highest BCUT2D eigenvalue weighted by atomic mass is 16.5. The minimum absolute atomic E-state index is 0.530. The van der Waals surface area contributed by atoms with Crippen LogP contribution in [0.5, 0.6) is 11.5 Å². The number of anilines is 3. The van der Waals surface area contributed by atoms with Crippen molar-refractivity contribution in [2.75, 3.05) is 4.90 Å². The maximum atomic E-state index is 6.63. The number of hydrogen-bond donors (Lipinski definition) is 0. The van der Waals surface area contributed by atoms with Gasteiger partial charge in [0.25, 0.3) is 0 Å². The van der Waals surface area contributed by atoms with Crippen LogP contribution in [0.15, 0.2) is 273 Å². The molecule has 0 aromatic heterocycles. The van der Waals surface area contributed by atoms with Gasteiger partial charge in [0.1, 0.15) is 11.5 Å². The Labute approximate surface area is 403 Å². The molecule has 0 saturated heterocycles. The van der Waals surface area contributed by atoms with Gasteiger partial charge in [0.05, 0.1) is 11.1 Å². The van der Waals surface area contributed by atoms with E-state index in [1.165, 1.54) is 77.9 Å². The first-order chi connectivity index (χ1) is 34.2. The molecule has 1 heterocycles. The molecule has 1 aliphatic heterocycles. The van der Waals surface area contributed by atoms with E-state index in [9.17, 15) is 0 Å². The Bertz CT molecular complexity index is 3640. The molecule has 2 aliphatic rings. The van der Waals surface area contributed by atoms with E-state index in [0.717, 1.165) is 39.7 Å². The van der Waals surface area contributed by atoms with Crippen LogP contribution in [0.3, 0.4) is 0 Å². The molecule has 0 N–H and O–H groups in total. The SMILES string of the molecule is c1ccc(-c2ccc(N(c3ccc(-c4ccc5c(c4)C4(c6ccccc6Oc6ccccc64)c4ccccc4-5)cc3)c3ccccc3-c3ccccc3-c3ccccc3-c3ccccc3)cc2)cc1. The van der Waals surface area contributed by atoms with Gasteiger partial charge < -0.3 is 9.64 Å². The third-order valence-electron chi connectivity index (χ3n) is 14.2. The fourth-order valence-electron chi connectivity index (χ4n) is 11.1. The first-order valence-electron chi connectivity index (χ1n) is 23.7. The van der Waals surface area contributed by atoms with Crippen molar-refractivity contribution in [2.24, 2.45) is 0 Å². The lowest BCUT2D eigenvalue weighted by Crippen LogP contribution is -2.32. The van der Waals surface area contributed by atoms with Gasteiger partial charge in [-0.3, -0.25) is 0 Å². The van der Waals surface area contributed by atoms with E-state index >= 15 is 0 Å². The number of fused-ring (bicyclic) bond motifs is 9. The zero-order valence-corrected chi connectivity index (χ0v) is 37.8. The Morgan fingerprint density at radius 2 is 0.638 bits per heavy atom. The lowest BCUT2D eigenvalue weighted by atomic mass is 9.66. The quantitative estimate of drug-likeness (QED) is 0.151. The smallest absolute Gasteiger partial charge is 0.132 e. The fourth-order valence-corrected chi connectivity index (χ4v) is 11.1. The molecule has 69 heavy (non-hydrogen) atoms. The summed E-state index contributed by atoms with van der Waals surface area (Å²) in [6.45, 7) is 0. The Hall–Kier alpha value is -8.98. The van der Waals surface area contributed by atoms with Crippen LogP contribution in [0.25, 0.3) is 66.8 Å². The highest BCUT2D eigenvalue weighted by Gasteiger charge is 2.51. The summed E-state index contributed by atoms with van der Waals surface area (Å²) in [7, 11) is 0.